The SMILES string of the molecule is CS(=O)(=O)O.Fc1cccc(OC(c2ccccc2)N2CCCCC2)c1. The van der Waals surface area contributed by atoms with Crippen molar-refractivity contribution < 1.29 is 22.1 Å². The smallest absolute Gasteiger partial charge is 0.261 e. The molecule has 1 atom stereocenters. The van der Waals surface area contributed by atoms with Gasteiger partial charge in [-0.15, -0.1) is 0 Å². The Hall–Kier alpha value is -1.96. The van der Waals surface area contributed by atoms with Crippen molar-refractivity contribution in [1.29, 1.82) is 0 Å². The topological polar surface area (TPSA) is 66.8 Å². The summed E-state index contributed by atoms with van der Waals surface area (Å²) in [5, 5.41) is 0. The van der Waals surface area contributed by atoms with E-state index in [4.69, 9.17) is 9.29 Å². The molecule has 0 spiro atoms. The van der Waals surface area contributed by atoms with E-state index in [9.17, 15) is 12.8 Å². The first-order valence-corrected chi connectivity index (χ1v) is 10.3. The van der Waals surface area contributed by atoms with Crippen LogP contribution in [0.25, 0.3) is 0 Å². The van der Waals surface area contributed by atoms with Gasteiger partial charge in [-0.05, 0) is 25.0 Å². The fourth-order valence-corrected chi connectivity index (χ4v) is 2.79. The van der Waals surface area contributed by atoms with Gasteiger partial charge in [0.1, 0.15) is 11.6 Å². The Morgan fingerprint density at radius 1 is 1.04 bits per heavy atom. The first kappa shape index (κ1) is 20.4. The molecule has 1 heterocycles. The Balaban J connectivity index is 0.000000431. The normalized spacial score (nSPS) is 16.3. The standard InChI is InChI=1S/C18H20FNO.CH4O3S/c19-16-10-7-11-17(14-16)21-18(15-8-3-1-4-9-15)20-12-5-2-6-13-20;1-5(2,3)4/h1,3-4,7-11,14,18H,2,5-6,12-13H2;1H3,(H,2,3,4). The van der Waals surface area contributed by atoms with Crippen LogP contribution in [-0.4, -0.2) is 37.2 Å². The molecule has 1 N–H and O–H groups in total. The largest absolute Gasteiger partial charge is 0.471 e. The van der Waals surface area contributed by atoms with Gasteiger partial charge in [0.2, 0.25) is 0 Å². The van der Waals surface area contributed by atoms with Crippen LogP contribution < -0.4 is 4.74 Å². The highest BCUT2D eigenvalue weighted by atomic mass is 32.2. The Morgan fingerprint density at radius 3 is 2.23 bits per heavy atom. The summed E-state index contributed by atoms with van der Waals surface area (Å²) in [6.07, 6.45) is 4.23. The molecule has 0 saturated carbocycles. The fraction of sp³-hybridized carbons (Fsp3) is 0.368. The van der Waals surface area contributed by atoms with Gasteiger partial charge in [-0.25, -0.2) is 4.39 Å². The molecular formula is C19H24FNO4S. The lowest BCUT2D eigenvalue weighted by Gasteiger charge is -2.34. The van der Waals surface area contributed by atoms with Crippen molar-refractivity contribution in [3.8, 4) is 5.75 Å². The van der Waals surface area contributed by atoms with Gasteiger partial charge in [0.25, 0.3) is 10.1 Å². The maximum Gasteiger partial charge on any atom is 0.261 e. The molecule has 1 saturated heterocycles. The zero-order valence-corrected chi connectivity index (χ0v) is 15.5. The van der Waals surface area contributed by atoms with E-state index in [1.165, 1.54) is 31.4 Å². The van der Waals surface area contributed by atoms with Crippen molar-refractivity contribution in [2.75, 3.05) is 19.3 Å². The second kappa shape index (κ2) is 9.66. The van der Waals surface area contributed by atoms with Gasteiger partial charge in [-0.2, -0.15) is 8.42 Å². The molecule has 1 aliphatic rings. The fourth-order valence-electron chi connectivity index (χ4n) is 2.79. The van der Waals surface area contributed by atoms with E-state index in [2.05, 4.69) is 17.0 Å². The number of nitrogens with zero attached hydrogens (tertiary/aromatic N) is 1. The van der Waals surface area contributed by atoms with E-state index >= 15 is 0 Å². The highest BCUT2D eigenvalue weighted by Crippen LogP contribution is 2.28. The average molecular weight is 381 g/mol. The van der Waals surface area contributed by atoms with Crippen LogP contribution in [0.5, 0.6) is 5.75 Å². The van der Waals surface area contributed by atoms with Crippen molar-refractivity contribution in [3.05, 3.63) is 66.0 Å². The van der Waals surface area contributed by atoms with E-state index in [1.807, 2.05) is 24.3 Å². The molecule has 7 heteroatoms. The first-order chi connectivity index (χ1) is 12.3. The van der Waals surface area contributed by atoms with Crippen molar-refractivity contribution in [2.24, 2.45) is 0 Å². The molecule has 5 nitrogen and oxygen atoms in total. The van der Waals surface area contributed by atoms with Gasteiger partial charge >= 0.3 is 0 Å². The number of halogens is 1. The Bertz CT molecular complexity index is 769. The molecule has 1 unspecified atom stereocenters. The highest BCUT2D eigenvalue weighted by Gasteiger charge is 2.23. The van der Waals surface area contributed by atoms with Gasteiger partial charge in [-0.1, -0.05) is 42.8 Å². The third-order valence-electron chi connectivity index (χ3n) is 3.85. The molecule has 1 aliphatic heterocycles. The van der Waals surface area contributed by atoms with Crippen LogP contribution >= 0.6 is 0 Å². The summed E-state index contributed by atoms with van der Waals surface area (Å²) in [5.74, 6) is 0.312. The molecule has 2 aromatic carbocycles. The zero-order valence-electron chi connectivity index (χ0n) is 14.7. The number of benzene rings is 2. The Labute approximate surface area is 154 Å². The maximum atomic E-state index is 13.4. The summed E-state index contributed by atoms with van der Waals surface area (Å²) in [4.78, 5) is 2.34. The monoisotopic (exact) mass is 381 g/mol. The van der Waals surface area contributed by atoms with Gasteiger partial charge in [0.05, 0.1) is 6.26 Å². The molecule has 2 aromatic rings. The van der Waals surface area contributed by atoms with E-state index in [0.29, 0.717) is 12.0 Å². The number of hydrogen-bond donors (Lipinski definition) is 1. The molecule has 3 rings (SSSR count). The van der Waals surface area contributed by atoms with Crippen LogP contribution in [0.3, 0.4) is 0 Å². The van der Waals surface area contributed by atoms with Crippen LogP contribution in [0.1, 0.15) is 31.1 Å². The highest BCUT2D eigenvalue weighted by molar-refractivity contribution is 7.85. The first-order valence-electron chi connectivity index (χ1n) is 8.46. The van der Waals surface area contributed by atoms with Gasteiger partial charge in [0.15, 0.2) is 6.23 Å². The van der Waals surface area contributed by atoms with Crippen LogP contribution in [0.2, 0.25) is 0 Å². The van der Waals surface area contributed by atoms with Crippen molar-refractivity contribution in [1.82, 2.24) is 4.90 Å². The summed E-state index contributed by atoms with van der Waals surface area (Å²) < 4.78 is 45.3. The third-order valence-corrected chi connectivity index (χ3v) is 3.85. The summed E-state index contributed by atoms with van der Waals surface area (Å²) in [6.45, 7) is 2.05. The summed E-state index contributed by atoms with van der Waals surface area (Å²) in [7, 11) is -3.67. The maximum absolute atomic E-state index is 13.4. The van der Waals surface area contributed by atoms with Crippen LogP contribution in [-0.2, 0) is 10.1 Å². The molecule has 0 radical (unpaired) electrons. The van der Waals surface area contributed by atoms with E-state index in [0.717, 1.165) is 18.7 Å². The number of likely N-dealkylation sites (tertiary alicyclic amines) is 1. The van der Waals surface area contributed by atoms with Crippen LogP contribution in [0.4, 0.5) is 4.39 Å². The van der Waals surface area contributed by atoms with Crippen LogP contribution in [0, 0.1) is 5.82 Å². The molecule has 0 aliphatic carbocycles. The van der Waals surface area contributed by atoms with E-state index < -0.39 is 10.1 Å². The third kappa shape index (κ3) is 7.51. The summed E-state index contributed by atoms with van der Waals surface area (Å²) >= 11 is 0. The van der Waals surface area contributed by atoms with Crippen molar-refractivity contribution in [3.63, 3.8) is 0 Å². The molecule has 0 bridgehead atoms. The molecule has 26 heavy (non-hydrogen) atoms. The van der Waals surface area contributed by atoms with Crippen molar-refractivity contribution in [2.45, 2.75) is 25.5 Å². The van der Waals surface area contributed by atoms with Gasteiger partial charge in [0, 0.05) is 24.7 Å². The number of rotatable bonds is 4. The summed E-state index contributed by atoms with van der Waals surface area (Å²) in [6, 6.07) is 16.5. The van der Waals surface area contributed by atoms with E-state index in [1.54, 1.807) is 6.07 Å². The second-order valence-electron chi connectivity index (χ2n) is 6.17. The van der Waals surface area contributed by atoms with Gasteiger partial charge < -0.3 is 4.74 Å². The minimum atomic E-state index is -3.67. The van der Waals surface area contributed by atoms with Crippen LogP contribution in [0.15, 0.2) is 54.6 Å². The lowest BCUT2D eigenvalue weighted by atomic mass is 10.1. The van der Waals surface area contributed by atoms with Gasteiger partial charge in [-0.3, -0.25) is 9.45 Å². The summed E-state index contributed by atoms with van der Waals surface area (Å²) in [5.41, 5.74) is 1.11. The minimum absolute atomic E-state index is 0.145. The average Bonchev–Trinajstić information content (AvgIpc) is 2.60. The predicted octanol–water partition coefficient (Wildman–Crippen LogP) is 3.89. The number of ether oxygens (including phenoxy) is 1. The Morgan fingerprint density at radius 2 is 1.65 bits per heavy atom. The molecular weight excluding hydrogens is 357 g/mol. The molecule has 1 fully saturated rings. The number of piperidine rings is 1. The quantitative estimate of drug-likeness (QED) is 0.814. The predicted molar refractivity (Wildman–Crippen MR) is 99.1 cm³/mol. The second-order valence-corrected chi connectivity index (χ2v) is 7.63. The lowest BCUT2D eigenvalue weighted by Crippen LogP contribution is -2.36. The minimum Gasteiger partial charge on any atom is -0.471 e. The zero-order chi connectivity index (χ0) is 19.0. The lowest BCUT2D eigenvalue weighted by molar-refractivity contribution is 0.0103. The van der Waals surface area contributed by atoms with E-state index in [-0.39, 0.29) is 12.0 Å². The molecule has 0 aromatic heterocycles. The number of hydrogen-bond acceptors (Lipinski definition) is 4. The molecule has 142 valence electrons. The Kier molecular flexibility index (Phi) is 7.56. The van der Waals surface area contributed by atoms with Crippen molar-refractivity contribution >= 4 is 10.1 Å². The molecule has 0 amide bonds.